The van der Waals surface area contributed by atoms with Gasteiger partial charge in [0.2, 0.25) is 5.91 Å². The molecule has 0 saturated carbocycles. The van der Waals surface area contributed by atoms with Crippen LogP contribution in [-0.2, 0) is 9.59 Å². The van der Waals surface area contributed by atoms with E-state index in [-0.39, 0.29) is 18.4 Å². The zero-order chi connectivity index (χ0) is 14.8. The number of carbonyl (C=O) groups is 2. The first kappa shape index (κ1) is 17.0. The highest BCUT2D eigenvalue weighted by Crippen LogP contribution is 2.17. The van der Waals surface area contributed by atoms with Crippen molar-refractivity contribution in [1.29, 1.82) is 0 Å². The van der Waals surface area contributed by atoms with Crippen molar-refractivity contribution in [3.05, 3.63) is 0 Å². The van der Waals surface area contributed by atoms with Crippen molar-refractivity contribution >= 4 is 11.9 Å². The molecule has 0 aromatic carbocycles. The van der Waals surface area contributed by atoms with Gasteiger partial charge in [-0.15, -0.1) is 0 Å². The molecule has 1 aliphatic rings. The maximum absolute atomic E-state index is 11.9. The summed E-state index contributed by atoms with van der Waals surface area (Å²) in [6, 6.07) is -0.0348. The molecule has 5 nitrogen and oxygen atoms in total. The minimum atomic E-state index is -0.735. The molecule has 1 fully saturated rings. The number of amides is 1. The summed E-state index contributed by atoms with van der Waals surface area (Å²) < 4.78 is 0. The molecule has 2 unspecified atom stereocenters. The Kier molecular flexibility index (Phi) is 8.26. The summed E-state index contributed by atoms with van der Waals surface area (Å²) in [5.74, 6) is -0.240. The second-order valence-electron chi connectivity index (χ2n) is 5.67. The molecule has 1 saturated heterocycles. The topological polar surface area (TPSA) is 78.4 Å². The van der Waals surface area contributed by atoms with Gasteiger partial charge in [-0.3, -0.25) is 9.59 Å². The van der Waals surface area contributed by atoms with E-state index in [1.165, 1.54) is 0 Å². The van der Waals surface area contributed by atoms with Crippen LogP contribution < -0.4 is 10.6 Å². The summed E-state index contributed by atoms with van der Waals surface area (Å²) >= 11 is 0. The molecular weight excluding hydrogens is 256 g/mol. The molecule has 116 valence electrons. The lowest BCUT2D eigenvalue weighted by Gasteiger charge is -2.23. The van der Waals surface area contributed by atoms with Crippen molar-refractivity contribution in [2.24, 2.45) is 5.92 Å². The quantitative estimate of drug-likeness (QED) is 0.604. The van der Waals surface area contributed by atoms with Gasteiger partial charge in [0, 0.05) is 13.0 Å². The number of hydrogen-bond donors (Lipinski definition) is 3. The molecule has 1 aliphatic heterocycles. The number of aliphatic carboxylic acids is 1. The number of piperidine rings is 1. The van der Waals surface area contributed by atoms with E-state index < -0.39 is 5.97 Å². The lowest BCUT2D eigenvalue weighted by molar-refractivity contribution is -0.137. The van der Waals surface area contributed by atoms with Crippen molar-refractivity contribution in [3.8, 4) is 0 Å². The van der Waals surface area contributed by atoms with E-state index in [4.69, 9.17) is 5.11 Å². The van der Waals surface area contributed by atoms with Crippen molar-refractivity contribution in [3.63, 3.8) is 0 Å². The monoisotopic (exact) mass is 284 g/mol. The lowest BCUT2D eigenvalue weighted by Crippen LogP contribution is -2.46. The summed E-state index contributed by atoms with van der Waals surface area (Å²) in [5, 5.41) is 14.9. The van der Waals surface area contributed by atoms with Gasteiger partial charge < -0.3 is 15.7 Å². The fourth-order valence-corrected chi connectivity index (χ4v) is 2.77. The predicted molar refractivity (Wildman–Crippen MR) is 78.5 cm³/mol. The van der Waals surface area contributed by atoms with Crippen LogP contribution in [0, 0.1) is 5.92 Å². The minimum absolute atomic E-state index is 0.0348. The van der Waals surface area contributed by atoms with Crippen molar-refractivity contribution in [2.75, 3.05) is 13.1 Å². The van der Waals surface area contributed by atoms with Gasteiger partial charge in [0.1, 0.15) is 0 Å². The van der Waals surface area contributed by atoms with Crippen LogP contribution in [0.15, 0.2) is 0 Å². The van der Waals surface area contributed by atoms with Crippen LogP contribution in [0.1, 0.15) is 58.3 Å². The number of carbonyl (C=O) groups excluding carboxylic acids is 1. The van der Waals surface area contributed by atoms with E-state index >= 15 is 0 Å². The zero-order valence-electron chi connectivity index (χ0n) is 12.5. The van der Waals surface area contributed by atoms with Crippen LogP contribution in [0.4, 0.5) is 0 Å². The SMILES string of the molecule is CCCC(CCNC(=O)C1CCCCN1)CCC(=O)O. The second-order valence-corrected chi connectivity index (χ2v) is 5.67. The van der Waals surface area contributed by atoms with Crippen LogP contribution >= 0.6 is 0 Å². The first-order chi connectivity index (χ1) is 9.63. The predicted octanol–water partition coefficient (Wildman–Crippen LogP) is 1.92. The third-order valence-corrected chi connectivity index (χ3v) is 3.94. The Hall–Kier alpha value is -1.10. The van der Waals surface area contributed by atoms with Gasteiger partial charge >= 0.3 is 5.97 Å². The maximum Gasteiger partial charge on any atom is 0.303 e. The zero-order valence-corrected chi connectivity index (χ0v) is 12.5. The number of nitrogens with one attached hydrogen (secondary N) is 2. The molecule has 0 radical (unpaired) electrons. The Morgan fingerprint density at radius 3 is 2.70 bits per heavy atom. The highest BCUT2D eigenvalue weighted by atomic mass is 16.4. The molecule has 0 aliphatic carbocycles. The molecule has 1 rings (SSSR count). The molecular formula is C15H28N2O3. The number of rotatable bonds is 9. The van der Waals surface area contributed by atoms with Crippen LogP contribution in [0.3, 0.4) is 0 Å². The first-order valence-corrected chi connectivity index (χ1v) is 7.86. The van der Waals surface area contributed by atoms with Gasteiger partial charge in [0.05, 0.1) is 6.04 Å². The lowest BCUT2D eigenvalue weighted by atomic mass is 9.94. The number of carboxylic acid groups (broad SMARTS) is 1. The standard InChI is InChI=1S/C15H28N2O3/c1-2-5-12(7-8-14(18)19)9-11-17-15(20)13-6-3-4-10-16-13/h12-13,16H,2-11H2,1H3,(H,17,20)(H,18,19). The Morgan fingerprint density at radius 2 is 2.10 bits per heavy atom. The Morgan fingerprint density at radius 1 is 1.30 bits per heavy atom. The second kappa shape index (κ2) is 9.75. The van der Waals surface area contributed by atoms with Crippen LogP contribution in [-0.4, -0.2) is 36.1 Å². The highest BCUT2D eigenvalue weighted by Gasteiger charge is 2.20. The molecule has 3 N–H and O–H groups in total. The fraction of sp³-hybridized carbons (Fsp3) is 0.867. The molecule has 2 atom stereocenters. The molecule has 0 aromatic heterocycles. The normalized spacial score (nSPS) is 20.4. The summed E-state index contributed by atoms with van der Waals surface area (Å²) in [7, 11) is 0. The molecule has 1 amide bonds. The van der Waals surface area contributed by atoms with Crippen molar-refractivity contribution in [2.45, 2.75) is 64.3 Å². The molecule has 0 bridgehead atoms. The van der Waals surface area contributed by atoms with E-state index in [1.807, 2.05) is 0 Å². The van der Waals surface area contributed by atoms with Crippen molar-refractivity contribution in [1.82, 2.24) is 10.6 Å². The molecule has 0 spiro atoms. The van der Waals surface area contributed by atoms with E-state index in [1.54, 1.807) is 0 Å². The summed E-state index contributed by atoms with van der Waals surface area (Å²) in [4.78, 5) is 22.6. The molecule has 5 heteroatoms. The summed E-state index contributed by atoms with van der Waals surface area (Å²) in [6.45, 7) is 3.69. The fourth-order valence-electron chi connectivity index (χ4n) is 2.77. The number of carboxylic acids is 1. The largest absolute Gasteiger partial charge is 0.481 e. The maximum atomic E-state index is 11.9. The van der Waals surface area contributed by atoms with Gasteiger partial charge in [-0.1, -0.05) is 26.2 Å². The number of hydrogen-bond acceptors (Lipinski definition) is 3. The van der Waals surface area contributed by atoms with E-state index in [0.29, 0.717) is 18.9 Å². The van der Waals surface area contributed by atoms with Crippen LogP contribution in [0.5, 0.6) is 0 Å². The summed E-state index contributed by atoms with van der Waals surface area (Å²) in [5.41, 5.74) is 0. The van der Waals surface area contributed by atoms with Gasteiger partial charge in [0.15, 0.2) is 0 Å². The average Bonchev–Trinajstić information content (AvgIpc) is 2.45. The average molecular weight is 284 g/mol. The van der Waals surface area contributed by atoms with Crippen LogP contribution in [0.25, 0.3) is 0 Å². The van der Waals surface area contributed by atoms with E-state index in [0.717, 1.165) is 45.1 Å². The Bertz CT molecular complexity index is 301. The first-order valence-electron chi connectivity index (χ1n) is 7.86. The summed E-state index contributed by atoms with van der Waals surface area (Å²) in [6.07, 6.45) is 7.08. The van der Waals surface area contributed by atoms with Crippen molar-refractivity contribution < 1.29 is 14.7 Å². The smallest absolute Gasteiger partial charge is 0.303 e. The Balaban J connectivity index is 2.21. The molecule has 1 heterocycles. The highest BCUT2D eigenvalue weighted by molar-refractivity contribution is 5.81. The van der Waals surface area contributed by atoms with Gasteiger partial charge in [-0.2, -0.15) is 0 Å². The van der Waals surface area contributed by atoms with Crippen LogP contribution in [0.2, 0.25) is 0 Å². The van der Waals surface area contributed by atoms with Gasteiger partial charge in [-0.05, 0) is 38.1 Å². The Labute approximate surface area is 121 Å². The minimum Gasteiger partial charge on any atom is -0.481 e. The third kappa shape index (κ3) is 6.89. The molecule has 20 heavy (non-hydrogen) atoms. The van der Waals surface area contributed by atoms with Gasteiger partial charge in [0.25, 0.3) is 0 Å². The van der Waals surface area contributed by atoms with E-state index in [2.05, 4.69) is 17.6 Å². The van der Waals surface area contributed by atoms with E-state index in [9.17, 15) is 9.59 Å². The molecule has 0 aromatic rings. The third-order valence-electron chi connectivity index (χ3n) is 3.94. The van der Waals surface area contributed by atoms with Gasteiger partial charge in [-0.25, -0.2) is 0 Å².